The summed E-state index contributed by atoms with van der Waals surface area (Å²) < 4.78 is 14.1. The van der Waals surface area contributed by atoms with E-state index in [-0.39, 0.29) is 19.1 Å². The molecule has 2 atom stereocenters. The van der Waals surface area contributed by atoms with Gasteiger partial charge in [-0.25, -0.2) is 4.99 Å². The standard InChI is InChI=1S/C33H29Br2ClN2O4/c34-26-12-6-22(7-13-26)20-33(32(40)37-21-25-4-1-2-5-29(25)36)30(23-8-14-27(35)15-9-23)42-31(38-33)24-10-16-28(17-11-24)41-19-3-18-39/h1-2,4-17,30,39H,3,18-21H2,(H,37,40)/t30-,33-/m1/s1. The van der Waals surface area contributed by atoms with Crippen LogP contribution < -0.4 is 10.1 Å². The summed E-state index contributed by atoms with van der Waals surface area (Å²) in [6.45, 7) is 0.735. The number of hydrogen-bond acceptors (Lipinski definition) is 5. The third-order valence-electron chi connectivity index (χ3n) is 6.99. The minimum Gasteiger partial charge on any atom is -0.494 e. The Hall–Kier alpha value is -3.17. The van der Waals surface area contributed by atoms with Gasteiger partial charge in [0, 0.05) is 45.5 Å². The Kier molecular flexibility index (Phi) is 10.0. The fraction of sp³-hybridized carbons (Fsp3) is 0.212. The lowest BCUT2D eigenvalue weighted by Gasteiger charge is -2.31. The van der Waals surface area contributed by atoms with Crippen molar-refractivity contribution in [3.05, 3.63) is 133 Å². The molecule has 4 aromatic rings. The van der Waals surface area contributed by atoms with Gasteiger partial charge in [-0.2, -0.15) is 0 Å². The van der Waals surface area contributed by atoms with E-state index < -0.39 is 11.6 Å². The first-order valence-electron chi connectivity index (χ1n) is 13.5. The molecule has 42 heavy (non-hydrogen) atoms. The number of aliphatic hydroxyl groups excluding tert-OH is 1. The van der Waals surface area contributed by atoms with E-state index >= 15 is 0 Å². The second-order valence-corrected chi connectivity index (χ2v) is 12.2. The minimum absolute atomic E-state index is 0.0686. The number of rotatable bonds is 11. The predicted octanol–water partition coefficient (Wildman–Crippen LogP) is 7.44. The van der Waals surface area contributed by atoms with E-state index in [0.29, 0.717) is 36.1 Å². The number of hydrogen-bond donors (Lipinski definition) is 2. The highest BCUT2D eigenvalue weighted by Gasteiger charge is 2.53. The van der Waals surface area contributed by atoms with Crippen molar-refractivity contribution in [2.24, 2.45) is 4.99 Å². The number of nitrogens with zero attached hydrogens (tertiary/aromatic N) is 1. The van der Waals surface area contributed by atoms with E-state index in [9.17, 15) is 4.79 Å². The van der Waals surface area contributed by atoms with Crippen molar-refractivity contribution in [2.45, 2.75) is 31.0 Å². The molecule has 0 saturated heterocycles. The largest absolute Gasteiger partial charge is 0.494 e. The molecule has 2 N–H and O–H groups in total. The van der Waals surface area contributed by atoms with Crippen LogP contribution in [0, 0.1) is 0 Å². The Labute approximate surface area is 267 Å². The zero-order valence-corrected chi connectivity index (χ0v) is 26.5. The maximum atomic E-state index is 14.4. The highest BCUT2D eigenvalue weighted by atomic mass is 79.9. The fourth-order valence-corrected chi connectivity index (χ4v) is 5.53. The van der Waals surface area contributed by atoms with Crippen LogP contribution in [0.3, 0.4) is 0 Å². The van der Waals surface area contributed by atoms with Crippen LogP contribution in [0.15, 0.2) is 111 Å². The lowest BCUT2D eigenvalue weighted by Crippen LogP contribution is -2.49. The third kappa shape index (κ3) is 7.06. The molecule has 1 aliphatic heterocycles. The van der Waals surface area contributed by atoms with E-state index in [1.165, 1.54) is 0 Å². The lowest BCUT2D eigenvalue weighted by atomic mass is 9.82. The van der Waals surface area contributed by atoms with Crippen molar-refractivity contribution >= 4 is 55.3 Å². The van der Waals surface area contributed by atoms with Gasteiger partial charge in [-0.3, -0.25) is 4.79 Å². The number of ether oxygens (including phenoxy) is 2. The van der Waals surface area contributed by atoms with Crippen molar-refractivity contribution in [2.75, 3.05) is 13.2 Å². The average Bonchev–Trinajstić information content (AvgIpc) is 3.39. The van der Waals surface area contributed by atoms with Crippen LogP contribution in [0.4, 0.5) is 0 Å². The first-order valence-corrected chi connectivity index (χ1v) is 15.5. The molecule has 0 spiro atoms. The number of halogens is 3. The molecule has 1 heterocycles. The molecule has 0 saturated carbocycles. The van der Waals surface area contributed by atoms with Crippen LogP contribution in [0.25, 0.3) is 0 Å². The fourth-order valence-electron chi connectivity index (χ4n) is 4.80. The van der Waals surface area contributed by atoms with Gasteiger partial charge < -0.3 is 19.9 Å². The maximum Gasteiger partial charge on any atom is 0.252 e. The van der Waals surface area contributed by atoms with Crippen LogP contribution in [-0.2, 0) is 22.5 Å². The topological polar surface area (TPSA) is 80.2 Å². The van der Waals surface area contributed by atoms with Gasteiger partial charge >= 0.3 is 0 Å². The van der Waals surface area contributed by atoms with Gasteiger partial charge in [-0.05, 0) is 71.3 Å². The Bertz CT molecular complexity index is 1550. The number of aliphatic hydroxyl groups is 1. The average molecular weight is 713 g/mol. The first kappa shape index (κ1) is 30.3. The molecule has 0 aromatic heterocycles. The molecule has 1 aliphatic rings. The van der Waals surface area contributed by atoms with E-state index in [1.807, 2.05) is 91.0 Å². The number of benzene rings is 4. The van der Waals surface area contributed by atoms with E-state index in [0.717, 1.165) is 31.2 Å². The van der Waals surface area contributed by atoms with Crippen molar-refractivity contribution in [1.82, 2.24) is 5.32 Å². The first-order chi connectivity index (χ1) is 20.4. The van der Waals surface area contributed by atoms with Crippen LogP contribution >= 0.6 is 43.5 Å². The summed E-state index contributed by atoms with van der Waals surface area (Å²) in [7, 11) is 0. The van der Waals surface area contributed by atoms with Gasteiger partial charge in [-0.1, -0.05) is 85.9 Å². The highest BCUT2D eigenvalue weighted by molar-refractivity contribution is 9.10. The summed E-state index contributed by atoms with van der Waals surface area (Å²) >= 11 is 13.4. The molecule has 6 nitrogen and oxygen atoms in total. The van der Waals surface area contributed by atoms with E-state index in [4.69, 9.17) is 31.2 Å². The summed E-state index contributed by atoms with van der Waals surface area (Å²) in [5.41, 5.74) is 1.99. The second-order valence-electron chi connectivity index (χ2n) is 9.92. The SMILES string of the molecule is O=C(NCc1ccccc1Cl)[C@]1(Cc2ccc(Br)cc2)N=C(c2ccc(OCCCO)cc2)O[C@@H]1c1ccc(Br)cc1. The quantitative estimate of drug-likeness (QED) is 0.159. The summed E-state index contributed by atoms with van der Waals surface area (Å²) in [4.78, 5) is 19.4. The smallest absolute Gasteiger partial charge is 0.252 e. The van der Waals surface area contributed by atoms with Crippen LogP contribution in [0.5, 0.6) is 5.75 Å². The van der Waals surface area contributed by atoms with Gasteiger partial charge in [-0.15, -0.1) is 0 Å². The number of aliphatic imine (C=N–C) groups is 1. The second kappa shape index (κ2) is 13.9. The maximum absolute atomic E-state index is 14.4. The Balaban J connectivity index is 1.55. The van der Waals surface area contributed by atoms with Gasteiger partial charge in [0.15, 0.2) is 11.6 Å². The molecular weight excluding hydrogens is 684 g/mol. The Morgan fingerprint density at radius 1 is 0.952 bits per heavy atom. The van der Waals surface area contributed by atoms with Crippen LogP contribution in [-0.4, -0.2) is 35.7 Å². The zero-order chi connectivity index (χ0) is 29.5. The third-order valence-corrected chi connectivity index (χ3v) is 8.41. The molecule has 0 unspecified atom stereocenters. The summed E-state index contributed by atoms with van der Waals surface area (Å²) in [6, 6.07) is 30.5. The van der Waals surface area contributed by atoms with Crippen LogP contribution in [0.1, 0.15) is 34.8 Å². The lowest BCUT2D eigenvalue weighted by molar-refractivity contribution is -0.129. The van der Waals surface area contributed by atoms with Crippen molar-refractivity contribution in [3.8, 4) is 5.75 Å². The molecule has 0 aliphatic carbocycles. The molecule has 0 fully saturated rings. The Morgan fingerprint density at radius 3 is 2.29 bits per heavy atom. The molecule has 0 bridgehead atoms. The van der Waals surface area contributed by atoms with Crippen LogP contribution in [0.2, 0.25) is 5.02 Å². The minimum atomic E-state index is -1.31. The van der Waals surface area contributed by atoms with E-state index in [2.05, 4.69) is 37.2 Å². The highest BCUT2D eigenvalue weighted by Crippen LogP contribution is 2.43. The number of carbonyl (C=O) groups excluding carboxylic acids is 1. The molecule has 9 heteroatoms. The van der Waals surface area contributed by atoms with Gasteiger partial charge in [0.2, 0.25) is 5.90 Å². The number of carbonyl (C=O) groups is 1. The van der Waals surface area contributed by atoms with Crippen molar-refractivity contribution in [1.29, 1.82) is 0 Å². The van der Waals surface area contributed by atoms with Crippen molar-refractivity contribution < 1.29 is 19.4 Å². The summed E-state index contributed by atoms with van der Waals surface area (Å²) in [5.74, 6) is 0.779. The predicted molar refractivity (Wildman–Crippen MR) is 172 cm³/mol. The van der Waals surface area contributed by atoms with Crippen molar-refractivity contribution in [3.63, 3.8) is 0 Å². The van der Waals surface area contributed by atoms with Gasteiger partial charge in [0.25, 0.3) is 5.91 Å². The van der Waals surface area contributed by atoms with Gasteiger partial charge in [0.05, 0.1) is 6.61 Å². The molecule has 216 valence electrons. The van der Waals surface area contributed by atoms with Gasteiger partial charge in [0.1, 0.15) is 5.75 Å². The number of amides is 1. The van der Waals surface area contributed by atoms with E-state index in [1.54, 1.807) is 6.07 Å². The molecule has 0 radical (unpaired) electrons. The Morgan fingerprint density at radius 2 is 1.62 bits per heavy atom. The molecule has 5 rings (SSSR count). The molecule has 1 amide bonds. The molecular formula is C33H29Br2ClN2O4. The molecule has 4 aromatic carbocycles. The summed E-state index contributed by atoms with van der Waals surface area (Å²) in [5, 5.41) is 12.7. The zero-order valence-electron chi connectivity index (χ0n) is 22.6. The monoisotopic (exact) mass is 710 g/mol. The summed E-state index contributed by atoms with van der Waals surface area (Å²) in [6.07, 6.45) is 0.159. The number of nitrogens with one attached hydrogen (secondary N) is 1. The normalized spacial score (nSPS) is 17.8.